The van der Waals surface area contributed by atoms with Crippen LogP contribution in [0.1, 0.15) is 83.1 Å². The Balaban J connectivity index is 1.64. The molecular formula is C35H47N5O9S2. The van der Waals surface area contributed by atoms with Gasteiger partial charge in [-0.2, -0.15) is 8.61 Å². The molecule has 2 unspecified atom stereocenters. The molecule has 5 rings (SSSR count). The minimum atomic E-state index is -4.02. The Hall–Kier alpha value is -3.86. The van der Waals surface area contributed by atoms with Gasteiger partial charge in [-0.1, -0.05) is 70.4 Å². The Morgan fingerprint density at radius 2 is 1.24 bits per heavy atom. The smallest absolute Gasteiger partial charge is 0.434 e. The van der Waals surface area contributed by atoms with Crippen LogP contribution in [0.2, 0.25) is 0 Å². The number of carboxylic acids is 1. The summed E-state index contributed by atoms with van der Waals surface area (Å²) in [5.74, 6) is -1.15. The molecule has 51 heavy (non-hydrogen) atoms. The fraction of sp³-hybridized carbons (Fsp3) is 0.543. The highest BCUT2D eigenvalue weighted by Crippen LogP contribution is 2.35. The second kappa shape index (κ2) is 15.0. The third kappa shape index (κ3) is 7.83. The molecule has 2 aromatic rings. The van der Waals surface area contributed by atoms with Gasteiger partial charge in [-0.25, -0.2) is 26.4 Å². The summed E-state index contributed by atoms with van der Waals surface area (Å²) in [5.41, 5.74) is 0.642. The molecule has 0 radical (unpaired) electrons. The van der Waals surface area contributed by atoms with E-state index < -0.39 is 44.1 Å². The predicted molar refractivity (Wildman–Crippen MR) is 190 cm³/mol. The number of hydrogen-bond donors (Lipinski definition) is 3. The molecule has 2 aliphatic heterocycles. The summed E-state index contributed by atoms with van der Waals surface area (Å²) in [7, 11) is -8.05. The normalized spacial score (nSPS) is 24.1. The number of carbonyl (C=O) groups is 2. The first kappa shape index (κ1) is 38.4. The molecule has 16 heteroatoms. The molecule has 6 atom stereocenters. The number of carboxylic acid groups (broad SMARTS) is 1. The van der Waals surface area contributed by atoms with E-state index in [-0.39, 0.29) is 67.1 Å². The van der Waals surface area contributed by atoms with Gasteiger partial charge in [0.15, 0.2) is 0 Å². The number of fused-ring (bicyclic) bond motifs is 2. The average Bonchev–Trinajstić information content (AvgIpc) is 3.07. The van der Waals surface area contributed by atoms with E-state index in [2.05, 4.69) is 15.6 Å². The summed E-state index contributed by atoms with van der Waals surface area (Å²) in [6, 6.07) is 7.16. The molecule has 2 heterocycles. The second-order valence-corrected chi connectivity index (χ2v) is 18.4. The molecule has 3 N–H and O–H groups in total. The summed E-state index contributed by atoms with van der Waals surface area (Å²) in [4.78, 5) is 29.9. The van der Waals surface area contributed by atoms with E-state index in [1.165, 1.54) is 45.0 Å². The van der Waals surface area contributed by atoms with Crippen molar-refractivity contribution in [3.8, 4) is 0 Å². The van der Waals surface area contributed by atoms with Gasteiger partial charge in [0.2, 0.25) is 20.0 Å². The molecule has 0 bridgehead atoms. The van der Waals surface area contributed by atoms with Crippen molar-refractivity contribution in [2.24, 2.45) is 39.9 Å². The maximum atomic E-state index is 14.0. The molecule has 0 spiro atoms. The molecule has 3 aliphatic rings. The number of benzene rings is 2. The van der Waals surface area contributed by atoms with Gasteiger partial charge in [-0.3, -0.25) is 4.84 Å². The van der Waals surface area contributed by atoms with E-state index in [0.29, 0.717) is 32.6 Å². The van der Waals surface area contributed by atoms with Crippen LogP contribution in [0.25, 0.3) is 0 Å². The molecule has 278 valence electrons. The lowest BCUT2D eigenvalue weighted by molar-refractivity contribution is -0.140. The first-order valence-electron chi connectivity index (χ1n) is 17.3. The van der Waals surface area contributed by atoms with Crippen LogP contribution in [0.5, 0.6) is 0 Å². The van der Waals surface area contributed by atoms with Crippen molar-refractivity contribution >= 4 is 43.5 Å². The lowest BCUT2D eigenvalue weighted by Crippen LogP contribution is -2.45. The molecule has 2 aromatic carbocycles. The quantitative estimate of drug-likeness (QED) is 0.160. The van der Waals surface area contributed by atoms with Crippen molar-refractivity contribution in [3.05, 3.63) is 58.7 Å². The summed E-state index contributed by atoms with van der Waals surface area (Å²) in [6.45, 7) is 12.7. The van der Waals surface area contributed by atoms with Crippen molar-refractivity contribution in [3.63, 3.8) is 0 Å². The Labute approximate surface area is 299 Å². The number of nitrogens with zero attached hydrogens (tertiary/aromatic N) is 4. The molecule has 2 saturated heterocycles. The van der Waals surface area contributed by atoms with Gasteiger partial charge in [0.05, 0.1) is 9.79 Å². The Morgan fingerprint density at radius 3 is 1.61 bits per heavy atom. The third-order valence-corrected chi connectivity index (χ3v) is 13.7. The first-order chi connectivity index (χ1) is 24.0. The van der Waals surface area contributed by atoms with Gasteiger partial charge < -0.3 is 15.6 Å². The van der Waals surface area contributed by atoms with Crippen LogP contribution in [0.4, 0.5) is 4.79 Å². The fourth-order valence-electron chi connectivity index (χ4n) is 7.49. The highest BCUT2D eigenvalue weighted by atomic mass is 32.2. The summed E-state index contributed by atoms with van der Waals surface area (Å²) < 4.78 is 58.8. The maximum Gasteiger partial charge on any atom is 0.434 e. The minimum absolute atomic E-state index is 0.0273. The second-order valence-electron chi connectivity index (χ2n) is 14.6. The molecule has 2 fully saturated rings. The van der Waals surface area contributed by atoms with Gasteiger partial charge in [-0.05, 0) is 66.7 Å². The lowest BCUT2D eigenvalue weighted by atomic mass is 9.83. The van der Waals surface area contributed by atoms with Crippen LogP contribution in [-0.4, -0.2) is 91.5 Å². The van der Waals surface area contributed by atoms with E-state index in [1.807, 2.05) is 27.7 Å². The number of amides is 1. The third-order valence-electron chi connectivity index (χ3n) is 10.0. The summed E-state index contributed by atoms with van der Waals surface area (Å²) in [5, 5.41) is 29.9. The van der Waals surface area contributed by atoms with Gasteiger partial charge in [-0.15, -0.1) is 0 Å². The van der Waals surface area contributed by atoms with Gasteiger partial charge in [0, 0.05) is 48.4 Å². The van der Waals surface area contributed by atoms with Crippen LogP contribution < -0.4 is 5.32 Å². The molecule has 14 nitrogen and oxygen atoms in total. The number of sulfonamides is 2. The van der Waals surface area contributed by atoms with Crippen molar-refractivity contribution in [2.75, 3.05) is 26.2 Å². The van der Waals surface area contributed by atoms with Crippen LogP contribution in [0.3, 0.4) is 0 Å². The van der Waals surface area contributed by atoms with E-state index in [1.54, 1.807) is 13.8 Å². The fourth-order valence-corrected chi connectivity index (χ4v) is 10.9. The van der Waals surface area contributed by atoms with Crippen LogP contribution in [-0.2, 0) is 29.7 Å². The Bertz CT molecular complexity index is 1830. The maximum absolute atomic E-state index is 14.0. The molecule has 1 aliphatic carbocycles. The Kier molecular flexibility index (Phi) is 11.3. The summed E-state index contributed by atoms with van der Waals surface area (Å²) >= 11 is 0. The van der Waals surface area contributed by atoms with Crippen LogP contribution in [0, 0.1) is 29.6 Å². The van der Waals surface area contributed by atoms with Crippen molar-refractivity contribution in [1.29, 1.82) is 0 Å². The Morgan fingerprint density at radius 1 is 0.804 bits per heavy atom. The zero-order chi connectivity index (χ0) is 37.4. The monoisotopic (exact) mass is 745 g/mol. The van der Waals surface area contributed by atoms with Crippen LogP contribution >= 0.6 is 0 Å². The number of nitrogens with one attached hydrogen (secondary N) is 1. The minimum Gasteiger partial charge on any atom is -0.480 e. The number of carbonyl (C=O) groups excluding carboxylic acids is 1. The van der Waals surface area contributed by atoms with E-state index in [0.717, 1.165) is 12.8 Å². The molecule has 0 saturated carbocycles. The molecular weight excluding hydrogens is 699 g/mol. The number of rotatable bonds is 9. The van der Waals surface area contributed by atoms with E-state index in [9.17, 15) is 36.7 Å². The summed E-state index contributed by atoms with van der Waals surface area (Å²) in [6.07, 6.45) is 1.05. The topological polar surface area (TPSA) is 195 Å². The molecule has 0 aromatic heterocycles. The van der Waals surface area contributed by atoms with E-state index >= 15 is 0 Å². The zero-order valence-electron chi connectivity index (χ0n) is 29.7. The number of oxime groups is 2. The highest BCUT2D eigenvalue weighted by molar-refractivity contribution is 7.89. The zero-order valence-corrected chi connectivity index (χ0v) is 31.4. The van der Waals surface area contributed by atoms with Crippen molar-refractivity contribution in [2.45, 2.75) is 76.6 Å². The number of aliphatic carboxylic acids is 1. The number of hydrogen-bond acceptors (Lipinski definition) is 10. The van der Waals surface area contributed by atoms with Crippen LogP contribution in [0.15, 0.2) is 56.5 Å². The van der Waals surface area contributed by atoms with Gasteiger partial charge in [0.1, 0.15) is 17.5 Å². The van der Waals surface area contributed by atoms with E-state index in [4.69, 9.17) is 4.84 Å². The predicted octanol–water partition coefficient (Wildman–Crippen LogP) is 4.54. The van der Waals surface area contributed by atoms with Crippen molar-refractivity contribution < 1.29 is 41.6 Å². The van der Waals surface area contributed by atoms with Crippen molar-refractivity contribution in [1.82, 2.24) is 13.9 Å². The molecule has 1 amide bonds. The SMILES string of the molecule is CCC(C)C(NC(=O)ON=C1c2cc(S(=O)(=O)N3C[C@H](C)C[C@H](C)C3)ccc2C(=NO)c2ccc(S(=O)(=O)N3C[C@H](C)C[C@H](C)C3)cc21)C(=O)O. The van der Waals surface area contributed by atoms with Gasteiger partial charge >= 0.3 is 12.1 Å². The first-order valence-corrected chi connectivity index (χ1v) is 20.2. The highest BCUT2D eigenvalue weighted by Gasteiger charge is 2.37. The lowest BCUT2D eigenvalue weighted by Gasteiger charge is -2.34. The number of piperidine rings is 2. The average molecular weight is 746 g/mol. The largest absolute Gasteiger partial charge is 0.480 e. The van der Waals surface area contributed by atoms with Gasteiger partial charge in [0.25, 0.3) is 0 Å². The standard InChI is InChI=1S/C35H47N5O9S2/c1-7-24(6)31(34(41)42)36-35(43)49-38-33-29-14-25(50(45,46)39-16-20(2)12-21(3)17-39)8-10-27(29)32(37-44)28-11-9-26(15-30(28)33)51(47,48)40-18-22(4)13-23(5)19-40/h8-11,14-15,20-24,31,44H,7,12-13,16-19H2,1-6H3,(H,36,43)(H,41,42)/t20-,21+,22-,23+,24?,31?.